The monoisotopic (exact) mass is 290 g/mol. The van der Waals surface area contributed by atoms with E-state index in [1.54, 1.807) is 6.92 Å². The van der Waals surface area contributed by atoms with E-state index in [2.05, 4.69) is 29.0 Å². The Morgan fingerprint density at radius 3 is 2.70 bits per heavy atom. The molecule has 0 amide bonds. The molecule has 1 aromatic heterocycles. The maximum atomic E-state index is 11.9. The Kier molecular flexibility index (Phi) is 4.98. The van der Waals surface area contributed by atoms with Crippen LogP contribution >= 0.6 is 11.8 Å². The number of hydrogen-bond acceptors (Lipinski definition) is 4. The van der Waals surface area contributed by atoms with Crippen LogP contribution in [0.1, 0.15) is 22.4 Å². The van der Waals surface area contributed by atoms with E-state index >= 15 is 0 Å². The minimum atomic E-state index is -0.154. The Hall–Kier alpha value is -1.59. The van der Waals surface area contributed by atoms with Crippen LogP contribution in [0.2, 0.25) is 0 Å². The van der Waals surface area contributed by atoms with Gasteiger partial charge in [0.1, 0.15) is 0 Å². The van der Waals surface area contributed by atoms with Crippen LogP contribution in [-0.4, -0.2) is 21.7 Å². The minimum absolute atomic E-state index is 0.0404. The van der Waals surface area contributed by atoms with Crippen LogP contribution in [0.4, 0.5) is 0 Å². The van der Waals surface area contributed by atoms with Crippen LogP contribution in [-0.2, 0) is 12.2 Å². The average molecular weight is 290 g/mol. The van der Waals surface area contributed by atoms with Gasteiger partial charge in [0.2, 0.25) is 0 Å². The fourth-order valence-corrected chi connectivity index (χ4v) is 2.96. The highest BCUT2D eigenvalue weighted by molar-refractivity contribution is 7.98. The standard InChI is InChI=1S/C15H18N2O2S/c1-10-5-3-4-6-12(10)9-20-15-16-11(2)13(7-8-18)14(19)17-15/h3-6,18H,7-9H2,1-2H3,(H,16,17,19). The van der Waals surface area contributed by atoms with Gasteiger partial charge >= 0.3 is 0 Å². The van der Waals surface area contributed by atoms with Gasteiger partial charge in [-0.2, -0.15) is 0 Å². The number of H-pyrrole nitrogens is 1. The van der Waals surface area contributed by atoms with E-state index < -0.39 is 0 Å². The first kappa shape index (κ1) is 14.8. The van der Waals surface area contributed by atoms with Gasteiger partial charge in [0.15, 0.2) is 5.16 Å². The Balaban J connectivity index is 2.15. The van der Waals surface area contributed by atoms with Crippen molar-refractivity contribution in [2.45, 2.75) is 31.2 Å². The molecular formula is C15H18N2O2S. The van der Waals surface area contributed by atoms with E-state index in [0.29, 0.717) is 22.8 Å². The zero-order chi connectivity index (χ0) is 14.5. The van der Waals surface area contributed by atoms with Gasteiger partial charge < -0.3 is 10.1 Å². The SMILES string of the molecule is Cc1ccccc1CSc1nc(C)c(CCO)c(=O)[nH]1. The molecule has 1 heterocycles. The maximum Gasteiger partial charge on any atom is 0.255 e. The van der Waals surface area contributed by atoms with Crippen LogP contribution in [0.3, 0.4) is 0 Å². The lowest BCUT2D eigenvalue weighted by atomic mass is 10.1. The van der Waals surface area contributed by atoms with Crippen molar-refractivity contribution >= 4 is 11.8 Å². The smallest absolute Gasteiger partial charge is 0.255 e. The Morgan fingerprint density at radius 2 is 2.05 bits per heavy atom. The fourth-order valence-electron chi connectivity index (χ4n) is 1.98. The van der Waals surface area contributed by atoms with Gasteiger partial charge in [-0.25, -0.2) is 4.98 Å². The molecule has 0 aliphatic carbocycles. The molecule has 0 fully saturated rings. The molecule has 4 nitrogen and oxygen atoms in total. The topological polar surface area (TPSA) is 66.0 Å². The first-order valence-corrected chi connectivity index (χ1v) is 7.48. The summed E-state index contributed by atoms with van der Waals surface area (Å²) in [6.07, 6.45) is 0.344. The number of nitrogens with one attached hydrogen (secondary N) is 1. The number of rotatable bonds is 5. The van der Waals surface area contributed by atoms with Crippen LogP contribution in [0.15, 0.2) is 34.2 Å². The van der Waals surface area contributed by atoms with E-state index in [9.17, 15) is 4.79 Å². The second-order valence-corrected chi connectivity index (χ2v) is 5.59. The summed E-state index contributed by atoms with van der Waals surface area (Å²) < 4.78 is 0. The molecular weight excluding hydrogens is 272 g/mol. The van der Waals surface area contributed by atoms with Crippen molar-refractivity contribution in [3.63, 3.8) is 0 Å². The van der Waals surface area contributed by atoms with Crippen molar-refractivity contribution < 1.29 is 5.11 Å². The van der Waals surface area contributed by atoms with Crippen molar-refractivity contribution in [1.82, 2.24) is 9.97 Å². The summed E-state index contributed by atoms with van der Waals surface area (Å²) >= 11 is 1.51. The second-order valence-electron chi connectivity index (χ2n) is 4.62. The van der Waals surface area contributed by atoms with E-state index in [1.165, 1.54) is 22.9 Å². The highest BCUT2D eigenvalue weighted by Crippen LogP contribution is 2.21. The zero-order valence-electron chi connectivity index (χ0n) is 11.6. The number of aromatic amines is 1. The molecule has 0 saturated heterocycles. The summed E-state index contributed by atoms with van der Waals surface area (Å²) in [4.78, 5) is 19.1. The predicted octanol–water partition coefficient (Wildman–Crippen LogP) is 2.21. The third kappa shape index (κ3) is 3.49. The minimum Gasteiger partial charge on any atom is -0.396 e. The van der Waals surface area contributed by atoms with Crippen LogP contribution in [0, 0.1) is 13.8 Å². The highest BCUT2D eigenvalue weighted by atomic mass is 32.2. The number of aryl methyl sites for hydroxylation is 2. The zero-order valence-corrected chi connectivity index (χ0v) is 12.5. The quantitative estimate of drug-likeness (QED) is 0.654. The summed E-state index contributed by atoms with van der Waals surface area (Å²) in [7, 11) is 0. The van der Waals surface area contributed by atoms with Crippen molar-refractivity contribution in [3.8, 4) is 0 Å². The molecule has 0 saturated carbocycles. The summed E-state index contributed by atoms with van der Waals surface area (Å²) in [5.41, 5.74) is 3.56. The normalized spacial score (nSPS) is 10.8. The lowest BCUT2D eigenvalue weighted by molar-refractivity contribution is 0.298. The molecule has 1 aromatic carbocycles. The van der Waals surface area contributed by atoms with Crippen LogP contribution in [0.5, 0.6) is 0 Å². The van der Waals surface area contributed by atoms with Crippen LogP contribution in [0.25, 0.3) is 0 Å². The van der Waals surface area contributed by atoms with E-state index in [-0.39, 0.29) is 12.2 Å². The number of hydrogen-bond donors (Lipinski definition) is 2. The molecule has 0 bridgehead atoms. The molecule has 0 unspecified atom stereocenters. The molecule has 2 aromatic rings. The number of aromatic nitrogens is 2. The highest BCUT2D eigenvalue weighted by Gasteiger charge is 2.08. The van der Waals surface area contributed by atoms with Gasteiger partial charge in [-0.05, 0) is 25.0 Å². The van der Waals surface area contributed by atoms with Gasteiger partial charge in [-0.3, -0.25) is 4.79 Å². The summed E-state index contributed by atoms with van der Waals surface area (Å²) in [6.45, 7) is 3.83. The van der Waals surface area contributed by atoms with Crippen molar-refractivity contribution in [3.05, 3.63) is 57.0 Å². The number of aliphatic hydroxyl groups excluding tert-OH is 1. The van der Waals surface area contributed by atoms with Crippen molar-refractivity contribution in [1.29, 1.82) is 0 Å². The van der Waals surface area contributed by atoms with Gasteiger partial charge in [0, 0.05) is 30.0 Å². The summed E-state index contributed by atoms with van der Waals surface area (Å²) in [5, 5.41) is 9.56. The maximum absolute atomic E-state index is 11.9. The average Bonchev–Trinajstić information content (AvgIpc) is 2.42. The summed E-state index contributed by atoms with van der Waals surface area (Å²) in [6, 6.07) is 8.17. The number of benzene rings is 1. The first-order valence-electron chi connectivity index (χ1n) is 6.49. The molecule has 0 aliphatic heterocycles. The van der Waals surface area contributed by atoms with E-state index in [0.717, 1.165) is 5.75 Å². The summed E-state index contributed by atoms with van der Waals surface area (Å²) in [5.74, 6) is 0.772. The van der Waals surface area contributed by atoms with Gasteiger partial charge in [0.05, 0.1) is 0 Å². The lowest BCUT2D eigenvalue weighted by Crippen LogP contribution is -2.18. The lowest BCUT2D eigenvalue weighted by Gasteiger charge is -2.07. The largest absolute Gasteiger partial charge is 0.396 e. The Labute approximate surface area is 122 Å². The van der Waals surface area contributed by atoms with Crippen LogP contribution < -0.4 is 5.56 Å². The third-order valence-corrected chi connectivity index (χ3v) is 4.11. The molecule has 0 atom stereocenters. The number of aliphatic hydroxyl groups is 1. The second kappa shape index (κ2) is 6.72. The molecule has 0 spiro atoms. The molecule has 106 valence electrons. The molecule has 5 heteroatoms. The Bertz CT molecular complexity index is 653. The molecule has 0 aliphatic rings. The molecule has 0 radical (unpaired) electrons. The van der Waals surface area contributed by atoms with Gasteiger partial charge in [-0.1, -0.05) is 36.0 Å². The van der Waals surface area contributed by atoms with Gasteiger partial charge in [0.25, 0.3) is 5.56 Å². The Morgan fingerprint density at radius 1 is 1.30 bits per heavy atom. The molecule has 20 heavy (non-hydrogen) atoms. The fraction of sp³-hybridized carbons (Fsp3) is 0.333. The number of thioether (sulfide) groups is 1. The van der Waals surface area contributed by atoms with Gasteiger partial charge in [-0.15, -0.1) is 0 Å². The van der Waals surface area contributed by atoms with Crippen molar-refractivity contribution in [2.24, 2.45) is 0 Å². The predicted molar refractivity (Wildman–Crippen MR) is 81.1 cm³/mol. The van der Waals surface area contributed by atoms with E-state index in [4.69, 9.17) is 5.11 Å². The number of nitrogens with zero attached hydrogens (tertiary/aromatic N) is 1. The molecule has 2 rings (SSSR count). The van der Waals surface area contributed by atoms with E-state index in [1.807, 2.05) is 12.1 Å². The third-order valence-electron chi connectivity index (χ3n) is 3.19. The van der Waals surface area contributed by atoms with Crippen molar-refractivity contribution in [2.75, 3.05) is 6.61 Å². The molecule has 2 N–H and O–H groups in total. The first-order chi connectivity index (χ1) is 9.61.